The van der Waals surface area contributed by atoms with Crippen LogP contribution >= 0.6 is 0 Å². The van der Waals surface area contributed by atoms with Crippen molar-refractivity contribution < 1.29 is 19.3 Å². The first kappa shape index (κ1) is 20.9. The van der Waals surface area contributed by atoms with Crippen LogP contribution < -0.4 is 10.1 Å². The van der Waals surface area contributed by atoms with Gasteiger partial charge in [-0.25, -0.2) is 0 Å². The van der Waals surface area contributed by atoms with E-state index in [0.29, 0.717) is 26.4 Å². The van der Waals surface area contributed by atoms with Crippen molar-refractivity contribution in [1.29, 1.82) is 0 Å². The predicted molar refractivity (Wildman–Crippen MR) is 96.4 cm³/mol. The molecule has 0 spiro atoms. The van der Waals surface area contributed by atoms with Gasteiger partial charge in [0.25, 0.3) is 0 Å². The van der Waals surface area contributed by atoms with Crippen LogP contribution in [0.2, 0.25) is 0 Å². The van der Waals surface area contributed by atoms with Crippen LogP contribution in [0.4, 0.5) is 0 Å². The number of aliphatic hydroxyl groups excluding tert-OH is 1. The molecular formula is C19H33NO4. The molecule has 0 heterocycles. The fourth-order valence-corrected chi connectivity index (χ4v) is 1.89. The molecule has 5 heteroatoms. The smallest absolute Gasteiger partial charge is 0.119 e. The van der Waals surface area contributed by atoms with Crippen molar-refractivity contribution in [3.05, 3.63) is 29.8 Å². The Morgan fingerprint density at radius 1 is 1.08 bits per heavy atom. The highest BCUT2D eigenvalue weighted by molar-refractivity contribution is 5.26. The molecule has 24 heavy (non-hydrogen) atoms. The van der Waals surface area contributed by atoms with Crippen molar-refractivity contribution in [3.63, 3.8) is 0 Å². The molecule has 1 aromatic carbocycles. The van der Waals surface area contributed by atoms with Crippen molar-refractivity contribution in [2.45, 2.75) is 59.0 Å². The number of ether oxygens (including phenoxy) is 3. The normalized spacial score (nSPS) is 13.3. The average molecular weight is 339 g/mol. The zero-order valence-electron chi connectivity index (χ0n) is 15.7. The number of hydrogen-bond donors (Lipinski definition) is 2. The van der Waals surface area contributed by atoms with E-state index in [9.17, 15) is 5.11 Å². The Morgan fingerprint density at radius 3 is 2.33 bits per heavy atom. The molecule has 0 aromatic heterocycles. The molecule has 0 saturated heterocycles. The van der Waals surface area contributed by atoms with Crippen LogP contribution in [0.15, 0.2) is 24.3 Å². The second kappa shape index (κ2) is 10.7. The summed E-state index contributed by atoms with van der Waals surface area (Å²) in [4.78, 5) is 0. The van der Waals surface area contributed by atoms with Gasteiger partial charge in [-0.2, -0.15) is 0 Å². The molecule has 0 radical (unpaired) electrons. The predicted octanol–water partition coefficient (Wildman–Crippen LogP) is 2.76. The summed E-state index contributed by atoms with van der Waals surface area (Å²) >= 11 is 0. The third-order valence-electron chi connectivity index (χ3n) is 3.18. The SMILES string of the molecule is CC(C)OCCOCc1ccc(OCC(O)CNC(C)(C)C)cc1. The van der Waals surface area contributed by atoms with E-state index in [1.807, 2.05) is 38.1 Å². The molecule has 0 aliphatic rings. The summed E-state index contributed by atoms with van der Waals surface area (Å²) in [5.41, 5.74) is 1.07. The maximum Gasteiger partial charge on any atom is 0.119 e. The lowest BCUT2D eigenvalue weighted by Gasteiger charge is -2.23. The van der Waals surface area contributed by atoms with E-state index in [4.69, 9.17) is 14.2 Å². The number of nitrogens with one attached hydrogen (secondary N) is 1. The van der Waals surface area contributed by atoms with Crippen molar-refractivity contribution in [2.75, 3.05) is 26.4 Å². The van der Waals surface area contributed by atoms with Gasteiger partial charge in [-0.1, -0.05) is 12.1 Å². The summed E-state index contributed by atoms with van der Waals surface area (Å²) < 4.78 is 16.6. The maximum atomic E-state index is 9.91. The van der Waals surface area contributed by atoms with E-state index in [2.05, 4.69) is 26.1 Å². The maximum absolute atomic E-state index is 9.91. The third-order valence-corrected chi connectivity index (χ3v) is 3.18. The molecule has 0 aliphatic heterocycles. The lowest BCUT2D eigenvalue weighted by Crippen LogP contribution is -2.42. The second-order valence-corrected chi connectivity index (χ2v) is 7.21. The lowest BCUT2D eigenvalue weighted by atomic mass is 10.1. The Bertz CT molecular complexity index is 440. The van der Waals surface area contributed by atoms with E-state index in [0.717, 1.165) is 11.3 Å². The van der Waals surface area contributed by atoms with Crippen LogP contribution in [-0.2, 0) is 16.1 Å². The zero-order chi connectivity index (χ0) is 18.0. The third kappa shape index (κ3) is 10.6. The van der Waals surface area contributed by atoms with E-state index >= 15 is 0 Å². The molecule has 1 unspecified atom stereocenters. The van der Waals surface area contributed by atoms with Crippen LogP contribution in [0.25, 0.3) is 0 Å². The highest BCUT2D eigenvalue weighted by Crippen LogP contribution is 2.13. The molecule has 138 valence electrons. The second-order valence-electron chi connectivity index (χ2n) is 7.21. The van der Waals surface area contributed by atoms with Crippen LogP contribution in [0.5, 0.6) is 5.75 Å². The molecule has 0 amide bonds. The van der Waals surface area contributed by atoms with Crippen molar-refractivity contribution in [3.8, 4) is 5.75 Å². The van der Waals surface area contributed by atoms with Gasteiger partial charge in [0.15, 0.2) is 0 Å². The van der Waals surface area contributed by atoms with Crippen molar-refractivity contribution in [2.24, 2.45) is 0 Å². The molecular weight excluding hydrogens is 306 g/mol. The van der Waals surface area contributed by atoms with Gasteiger partial charge < -0.3 is 24.6 Å². The number of aliphatic hydroxyl groups is 1. The summed E-state index contributed by atoms with van der Waals surface area (Å²) in [6, 6.07) is 7.73. The molecule has 0 aliphatic carbocycles. The highest BCUT2D eigenvalue weighted by Gasteiger charge is 2.12. The minimum atomic E-state index is -0.534. The fraction of sp³-hybridized carbons (Fsp3) is 0.684. The number of rotatable bonds is 11. The molecule has 1 aromatic rings. The quantitative estimate of drug-likeness (QED) is 0.607. The van der Waals surface area contributed by atoms with Gasteiger partial charge in [0.1, 0.15) is 18.5 Å². The molecule has 0 fully saturated rings. The Balaban J connectivity index is 2.22. The zero-order valence-corrected chi connectivity index (χ0v) is 15.7. The summed E-state index contributed by atoms with van der Waals surface area (Å²) in [6.07, 6.45) is -0.299. The molecule has 2 N–H and O–H groups in total. The fourth-order valence-electron chi connectivity index (χ4n) is 1.89. The minimum absolute atomic E-state index is 0.0111. The first-order valence-corrected chi connectivity index (χ1v) is 8.60. The highest BCUT2D eigenvalue weighted by atomic mass is 16.5. The van der Waals surface area contributed by atoms with E-state index in [1.54, 1.807) is 0 Å². The van der Waals surface area contributed by atoms with Crippen molar-refractivity contribution >= 4 is 0 Å². The summed E-state index contributed by atoms with van der Waals surface area (Å²) in [6.45, 7) is 12.7. The molecule has 0 bridgehead atoms. The largest absolute Gasteiger partial charge is 0.491 e. The summed E-state index contributed by atoms with van der Waals surface area (Å²) in [5.74, 6) is 0.747. The topological polar surface area (TPSA) is 60.0 Å². The van der Waals surface area contributed by atoms with E-state index in [-0.39, 0.29) is 18.2 Å². The van der Waals surface area contributed by atoms with Crippen molar-refractivity contribution in [1.82, 2.24) is 5.32 Å². The van der Waals surface area contributed by atoms with Gasteiger partial charge in [0, 0.05) is 12.1 Å². The Hall–Kier alpha value is -1.14. The average Bonchev–Trinajstić information content (AvgIpc) is 2.51. The van der Waals surface area contributed by atoms with Gasteiger partial charge >= 0.3 is 0 Å². The molecule has 0 saturated carbocycles. The van der Waals surface area contributed by atoms with Gasteiger partial charge in [0.05, 0.1) is 25.9 Å². The van der Waals surface area contributed by atoms with E-state index in [1.165, 1.54) is 0 Å². The number of β-amino-alcohol motifs (C(OH)–C–C–N with tert-alkyl or cyclic N) is 1. The minimum Gasteiger partial charge on any atom is -0.491 e. The number of hydrogen-bond acceptors (Lipinski definition) is 5. The Morgan fingerprint density at radius 2 is 1.75 bits per heavy atom. The Kier molecular flexibility index (Phi) is 9.29. The van der Waals surface area contributed by atoms with Crippen LogP contribution in [0.3, 0.4) is 0 Å². The van der Waals surface area contributed by atoms with Crippen LogP contribution in [0.1, 0.15) is 40.2 Å². The monoisotopic (exact) mass is 339 g/mol. The van der Waals surface area contributed by atoms with Gasteiger partial charge in [-0.05, 0) is 52.3 Å². The molecule has 1 atom stereocenters. The molecule has 5 nitrogen and oxygen atoms in total. The van der Waals surface area contributed by atoms with Gasteiger partial charge in [-0.3, -0.25) is 0 Å². The van der Waals surface area contributed by atoms with Crippen LogP contribution in [-0.4, -0.2) is 49.2 Å². The number of benzene rings is 1. The van der Waals surface area contributed by atoms with Gasteiger partial charge in [-0.15, -0.1) is 0 Å². The first-order chi connectivity index (χ1) is 11.3. The van der Waals surface area contributed by atoms with Gasteiger partial charge in [0.2, 0.25) is 0 Å². The Labute approximate surface area is 146 Å². The first-order valence-electron chi connectivity index (χ1n) is 8.60. The molecule has 1 rings (SSSR count). The lowest BCUT2D eigenvalue weighted by molar-refractivity contribution is 0.0143. The summed E-state index contributed by atoms with van der Waals surface area (Å²) in [7, 11) is 0. The summed E-state index contributed by atoms with van der Waals surface area (Å²) in [5, 5.41) is 13.2. The van der Waals surface area contributed by atoms with Crippen LogP contribution in [0, 0.1) is 0 Å². The standard InChI is InChI=1S/C19H33NO4/c1-15(2)23-11-10-22-13-16-6-8-18(9-7-16)24-14-17(21)12-20-19(3,4)5/h6-9,15,17,20-21H,10-14H2,1-5H3. The van der Waals surface area contributed by atoms with E-state index < -0.39 is 6.10 Å².